The lowest BCUT2D eigenvalue weighted by atomic mass is 10.00. The minimum absolute atomic E-state index is 0.0506. The van der Waals surface area contributed by atoms with E-state index in [4.69, 9.17) is 4.74 Å². The molecule has 0 saturated heterocycles. The number of nitrogens with one attached hydrogen (secondary N) is 1. The third kappa shape index (κ3) is 2.98. The lowest BCUT2D eigenvalue weighted by Crippen LogP contribution is -2.32. The number of fused-ring (bicyclic) bond motifs is 1. The maximum atomic E-state index is 12.9. The molecule has 0 bridgehead atoms. The molecule has 116 valence electrons. The lowest BCUT2D eigenvalue weighted by Gasteiger charge is -2.27. The van der Waals surface area contributed by atoms with E-state index in [1.54, 1.807) is 0 Å². The van der Waals surface area contributed by atoms with E-state index in [0.29, 0.717) is 18.8 Å². The highest BCUT2D eigenvalue weighted by molar-refractivity contribution is 7.89. The Morgan fingerprint density at radius 1 is 1.18 bits per heavy atom. The lowest BCUT2D eigenvalue weighted by molar-refractivity contribution is 0.263. The highest BCUT2D eigenvalue weighted by atomic mass is 32.2. The van der Waals surface area contributed by atoms with Gasteiger partial charge in [-0.05, 0) is 37.3 Å². The molecular weight excluding hydrogens is 305 g/mol. The maximum Gasteiger partial charge on any atom is 0.241 e. The van der Waals surface area contributed by atoms with Crippen LogP contribution in [0.25, 0.3) is 0 Å². The summed E-state index contributed by atoms with van der Waals surface area (Å²) in [6.07, 6.45) is 0.552. The number of benzene rings is 2. The van der Waals surface area contributed by atoms with Crippen molar-refractivity contribution in [3.8, 4) is 5.75 Å². The topological polar surface area (TPSA) is 55.4 Å². The van der Waals surface area contributed by atoms with Crippen LogP contribution in [0.2, 0.25) is 0 Å². The molecule has 2 aromatic carbocycles. The summed E-state index contributed by atoms with van der Waals surface area (Å²) in [6, 6.07) is 10.1. The van der Waals surface area contributed by atoms with Crippen LogP contribution in [0.5, 0.6) is 5.75 Å². The van der Waals surface area contributed by atoms with Gasteiger partial charge in [0.15, 0.2) is 0 Å². The zero-order valence-electron chi connectivity index (χ0n) is 12.0. The van der Waals surface area contributed by atoms with E-state index in [1.165, 1.54) is 12.1 Å². The third-order valence-electron chi connectivity index (χ3n) is 3.63. The fraction of sp³-hybridized carbons (Fsp3) is 0.250. The van der Waals surface area contributed by atoms with Crippen molar-refractivity contribution < 1.29 is 17.5 Å². The molecule has 2 aromatic rings. The first-order valence-electron chi connectivity index (χ1n) is 6.97. The van der Waals surface area contributed by atoms with Gasteiger partial charge < -0.3 is 4.74 Å². The fourth-order valence-corrected chi connectivity index (χ4v) is 3.76. The van der Waals surface area contributed by atoms with Gasteiger partial charge in [0.25, 0.3) is 0 Å². The van der Waals surface area contributed by atoms with Crippen molar-refractivity contribution in [1.29, 1.82) is 0 Å². The van der Waals surface area contributed by atoms with Crippen molar-refractivity contribution in [2.24, 2.45) is 0 Å². The van der Waals surface area contributed by atoms with Crippen LogP contribution in [0.15, 0.2) is 47.4 Å². The first kappa shape index (κ1) is 15.0. The van der Waals surface area contributed by atoms with Crippen LogP contribution in [-0.2, 0) is 10.0 Å². The molecular formula is C16H16FNO3S. The summed E-state index contributed by atoms with van der Waals surface area (Å²) < 4.78 is 46.1. The van der Waals surface area contributed by atoms with Crippen molar-refractivity contribution in [2.75, 3.05) is 6.61 Å². The SMILES string of the molecule is Cc1ccc2c(c1)C(NS(=O)(=O)c1ccc(F)cc1)CCO2. The van der Waals surface area contributed by atoms with E-state index in [9.17, 15) is 12.8 Å². The molecule has 1 aliphatic rings. The van der Waals surface area contributed by atoms with Crippen molar-refractivity contribution >= 4 is 10.0 Å². The van der Waals surface area contributed by atoms with Crippen LogP contribution in [0, 0.1) is 12.7 Å². The summed E-state index contributed by atoms with van der Waals surface area (Å²) in [6.45, 7) is 2.40. The second-order valence-corrected chi connectivity index (χ2v) is 7.02. The third-order valence-corrected chi connectivity index (χ3v) is 5.11. The molecule has 0 saturated carbocycles. The quantitative estimate of drug-likeness (QED) is 0.945. The molecule has 0 fully saturated rings. The molecule has 1 N–H and O–H groups in total. The highest BCUT2D eigenvalue weighted by Gasteiger charge is 2.26. The van der Waals surface area contributed by atoms with Crippen LogP contribution >= 0.6 is 0 Å². The van der Waals surface area contributed by atoms with Gasteiger partial charge in [0.2, 0.25) is 10.0 Å². The molecule has 3 rings (SSSR count). The van der Waals surface area contributed by atoms with Gasteiger partial charge in [-0.1, -0.05) is 17.7 Å². The average molecular weight is 321 g/mol. The van der Waals surface area contributed by atoms with Gasteiger partial charge in [-0.3, -0.25) is 0 Å². The van der Waals surface area contributed by atoms with Gasteiger partial charge >= 0.3 is 0 Å². The fourth-order valence-electron chi connectivity index (χ4n) is 2.51. The molecule has 0 aliphatic carbocycles. The van der Waals surface area contributed by atoms with Gasteiger partial charge in [-0.2, -0.15) is 0 Å². The van der Waals surface area contributed by atoms with Crippen LogP contribution in [0.3, 0.4) is 0 Å². The van der Waals surface area contributed by atoms with E-state index in [-0.39, 0.29) is 10.9 Å². The second-order valence-electron chi connectivity index (χ2n) is 5.31. The highest BCUT2D eigenvalue weighted by Crippen LogP contribution is 2.33. The molecule has 4 nitrogen and oxygen atoms in total. The minimum Gasteiger partial charge on any atom is -0.493 e. The summed E-state index contributed by atoms with van der Waals surface area (Å²) in [5, 5.41) is 0. The van der Waals surface area contributed by atoms with Crippen LogP contribution in [0.1, 0.15) is 23.6 Å². The molecule has 1 unspecified atom stereocenters. The number of halogens is 1. The summed E-state index contributed by atoms with van der Waals surface area (Å²) in [5.41, 5.74) is 1.87. The molecule has 0 radical (unpaired) electrons. The minimum atomic E-state index is -3.70. The van der Waals surface area contributed by atoms with Crippen molar-refractivity contribution in [3.05, 3.63) is 59.4 Å². The van der Waals surface area contributed by atoms with Crippen molar-refractivity contribution in [2.45, 2.75) is 24.3 Å². The Balaban J connectivity index is 1.91. The predicted octanol–water partition coefficient (Wildman–Crippen LogP) is 2.94. The number of ether oxygens (including phenoxy) is 1. The smallest absolute Gasteiger partial charge is 0.241 e. The Morgan fingerprint density at radius 2 is 1.91 bits per heavy atom. The molecule has 0 spiro atoms. The number of aryl methyl sites for hydroxylation is 1. The Hall–Kier alpha value is -1.92. The first-order valence-corrected chi connectivity index (χ1v) is 8.45. The predicted molar refractivity (Wildman–Crippen MR) is 80.8 cm³/mol. The van der Waals surface area contributed by atoms with Gasteiger partial charge in [-0.25, -0.2) is 17.5 Å². The van der Waals surface area contributed by atoms with E-state index in [2.05, 4.69) is 4.72 Å². The number of hydrogen-bond acceptors (Lipinski definition) is 3. The van der Waals surface area contributed by atoms with Crippen molar-refractivity contribution in [3.63, 3.8) is 0 Å². The Kier molecular flexibility index (Phi) is 3.88. The summed E-state index contributed by atoms with van der Waals surface area (Å²) in [7, 11) is -3.70. The van der Waals surface area contributed by atoms with Crippen molar-refractivity contribution in [1.82, 2.24) is 4.72 Å². The summed E-state index contributed by atoms with van der Waals surface area (Å²) >= 11 is 0. The number of rotatable bonds is 3. The van der Waals surface area contributed by atoms with Gasteiger partial charge in [0, 0.05) is 12.0 Å². The standard InChI is InChI=1S/C16H16FNO3S/c1-11-2-7-16-14(10-11)15(8-9-21-16)18-22(19,20)13-5-3-12(17)4-6-13/h2-7,10,15,18H,8-9H2,1H3. The molecule has 1 aliphatic heterocycles. The largest absolute Gasteiger partial charge is 0.493 e. The summed E-state index contributed by atoms with van der Waals surface area (Å²) in [4.78, 5) is 0.0506. The number of sulfonamides is 1. The number of hydrogen-bond donors (Lipinski definition) is 1. The zero-order chi connectivity index (χ0) is 15.7. The molecule has 1 atom stereocenters. The van der Waals surface area contributed by atoms with E-state index >= 15 is 0 Å². The molecule has 6 heteroatoms. The van der Waals surface area contributed by atoms with Gasteiger partial charge in [0.05, 0.1) is 17.5 Å². The van der Waals surface area contributed by atoms with Gasteiger partial charge in [0.1, 0.15) is 11.6 Å². The van der Waals surface area contributed by atoms with Gasteiger partial charge in [-0.15, -0.1) is 0 Å². The molecule has 22 heavy (non-hydrogen) atoms. The van der Waals surface area contributed by atoms with Crippen LogP contribution in [0.4, 0.5) is 4.39 Å². The molecule has 1 heterocycles. The maximum absolute atomic E-state index is 12.9. The second kappa shape index (κ2) is 5.70. The van der Waals surface area contributed by atoms with E-state index < -0.39 is 15.8 Å². The average Bonchev–Trinajstić information content (AvgIpc) is 2.48. The molecule has 0 amide bonds. The Labute approximate surface area is 129 Å². The van der Waals surface area contributed by atoms with Crippen LogP contribution in [-0.4, -0.2) is 15.0 Å². The first-order chi connectivity index (χ1) is 10.5. The van der Waals surface area contributed by atoms with Crippen LogP contribution < -0.4 is 9.46 Å². The van der Waals surface area contributed by atoms with E-state index in [1.807, 2.05) is 25.1 Å². The Morgan fingerprint density at radius 3 is 2.64 bits per heavy atom. The summed E-state index contributed by atoms with van der Waals surface area (Å²) in [5.74, 6) is 0.231. The van der Waals surface area contributed by atoms with E-state index in [0.717, 1.165) is 23.3 Å². The normalized spacial score (nSPS) is 17.6. The Bertz CT molecular complexity index is 788. The monoisotopic (exact) mass is 321 g/mol. The zero-order valence-corrected chi connectivity index (χ0v) is 12.9. The molecule has 0 aromatic heterocycles.